The molecule has 0 saturated heterocycles. The average molecular weight is 733 g/mol. The van der Waals surface area contributed by atoms with Crippen molar-refractivity contribution in [1.29, 1.82) is 0 Å². The van der Waals surface area contributed by atoms with E-state index >= 15 is 0 Å². The zero-order chi connectivity index (χ0) is 38.4. The maximum atomic E-state index is 13.6. The molecule has 1 atom stereocenters. The minimum absolute atomic E-state index is 0.167. The number of carbonyl (C=O) groups excluding carboxylic acids is 2. The van der Waals surface area contributed by atoms with Gasteiger partial charge in [-0.05, 0) is 110 Å². The standard InChI is InChI=1S/C40H56N6O7/c1-9-49-38-45-36-42-26-28-14-17-31(18-15-28)50-22-12-10-11-13-23-51-33-25-30(43-37(44-36)46-38)16-19-32(33)34(47)41-21-20-29(35(48)53-40(6,7)8)24-27(2)52-39(3,4)5/h14-19,25,29H,2,9-13,20-24,26H2,1,3-8H3,(H,41,47)(H2,42,43,44,45,46)/t29-/m1/s1. The molecule has 0 unspecified atom stereocenters. The number of amides is 1. The summed E-state index contributed by atoms with van der Waals surface area (Å²) in [4.78, 5) is 40.2. The smallest absolute Gasteiger partial charge is 0.323 e. The summed E-state index contributed by atoms with van der Waals surface area (Å²) in [5, 5.41) is 9.43. The molecule has 0 aliphatic carbocycles. The molecule has 3 heterocycles. The highest BCUT2D eigenvalue weighted by atomic mass is 16.6. The van der Waals surface area contributed by atoms with E-state index in [4.69, 9.17) is 23.7 Å². The van der Waals surface area contributed by atoms with Crippen LogP contribution in [0.3, 0.4) is 0 Å². The second kappa shape index (κ2) is 19.1. The van der Waals surface area contributed by atoms with Crippen molar-refractivity contribution in [1.82, 2.24) is 20.3 Å². The van der Waals surface area contributed by atoms with Crippen molar-refractivity contribution in [2.75, 3.05) is 37.0 Å². The van der Waals surface area contributed by atoms with E-state index in [1.54, 1.807) is 18.2 Å². The van der Waals surface area contributed by atoms with Gasteiger partial charge in [0.1, 0.15) is 22.7 Å². The van der Waals surface area contributed by atoms with E-state index < -0.39 is 17.1 Å². The van der Waals surface area contributed by atoms with Gasteiger partial charge >= 0.3 is 12.0 Å². The largest absolute Gasteiger partial charge is 0.494 e. The first kappa shape index (κ1) is 40.7. The van der Waals surface area contributed by atoms with Gasteiger partial charge < -0.3 is 39.6 Å². The molecule has 2 aliphatic heterocycles. The van der Waals surface area contributed by atoms with Crippen LogP contribution in [0.2, 0.25) is 0 Å². The van der Waals surface area contributed by atoms with E-state index in [9.17, 15) is 9.59 Å². The molecule has 53 heavy (non-hydrogen) atoms. The number of rotatable bonds is 10. The number of nitrogens with one attached hydrogen (secondary N) is 3. The Bertz CT molecular complexity index is 1670. The van der Waals surface area contributed by atoms with Crippen LogP contribution in [0.25, 0.3) is 0 Å². The van der Waals surface area contributed by atoms with Gasteiger partial charge in [-0.3, -0.25) is 9.59 Å². The van der Waals surface area contributed by atoms with Crippen molar-refractivity contribution in [3.05, 3.63) is 65.9 Å². The van der Waals surface area contributed by atoms with Crippen molar-refractivity contribution < 1.29 is 33.3 Å². The molecule has 0 radical (unpaired) electrons. The quantitative estimate of drug-likeness (QED) is 0.138. The van der Waals surface area contributed by atoms with Crippen molar-refractivity contribution >= 4 is 29.5 Å². The molecule has 3 N–H and O–H groups in total. The lowest BCUT2D eigenvalue weighted by Crippen LogP contribution is -2.33. The van der Waals surface area contributed by atoms with Gasteiger partial charge in [-0.25, -0.2) is 0 Å². The minimum atomic E-state index is -0.662. The lowest BCUT2D eigenvalue weighted by Gasteiger charge is -2.27. The molecular weight excluding hydrogens is 676 g/mol. The zero-order valence-corrected chi connectivity index (χ0v) is 32.3. The number of carbonyl (C=O) groups is 2. The van der Waals surface area contributed by atoms with Crippen LogP contribution in [0.15, 0.2) is 54.8 Å². The Hall–Kier alpha value is -5.07. The van der Waals surface area contributed by atoms with Crippen LogP contribution >= 0.6 is 0 Å². The summed E-state index contributed by atoms with van der Waals surface area (Å²) in [6.07, 6.45) is 4.24. The number of benzene rings is 2. The summed E-state index contributed by atoms with van der Waals surface area (Å²) >= 11 is 0. The second-order valence-corrected chi connectivity index (χ2v) is 14.9. The summed E-state index contributed by atoms with van der Waals surface area (Å²) in [5.74, 6) is 1.03. The van der Waals surface area contributed by atoms with Crippen molar-refractivity contribution in [2.45, 2.75) is 105 Å². The van der Waals surface area contributed by atoms with Gasteiger partial charge in [-0.15, -0.1) is 0 Å². The molecule has 1 aromatic heterocycles. The number of nitrogens with zero attached hydrogens (tertiary/aromatic N) is 3. The van der Waals surface area contributed by atoms with E-state index in [1.807, 2.05) is 72.7 Å². The average Bonchev–Trinajstić information content (AvgIpc) is 3.07. The predicted molar refractivity (Wildman–Crippen MR) is 205 cm³/mol. The van der Waals surface area contributed by atoms with Crippen LogP contribution in [-0.4, -0.2) is 64.4 Å². The number of anilines is 3. The van der Waals surface area contributed by atoms with Gasteiger partial charge in [0, 0.05) is 31.3 Å². The predicted octanol–water partition coefficient (Wildman–Crippen LogP) is 7.75. The van der Waals surface area contributed by atoms with Crippen molar-refractivity contribution in [3.8, 4) is 17.5 Å². The molecule has 13 nitrogen and oxygen atoms in total. The van der Waals surface area contributed by atoms with Gasteiger partial charge in [0.15, 0.2) is 0 Å². The molecule has 0 saturated carbocycles. The topological polar surface area (TPSA) is 155 Å². The third-order valence-corrected chi connectivity index (χ3v) is 7.75. The molecule has 288 valence electrons. The van der Waals surface area contributed by atoms with Crippen LogP contribution in [-0.2, 0) is 20.8 Å². The Balaban J connectivity index is 1.52. The summed E-state index contributed by atoms with van der Waals surface area (Å²) < 4.78 is 29.4. The van der Waals surface area contributed by atoms with Crippen molar-refractivity contribution in [2.24, 2.45) is 5.92 Å². The molecule has 2 aliphatic rings. The number of fused-ring (bicyclic) bond motifs is 10. The summed E-state index contributed by atoms with van der Waals surface area (Å²) in [5.41, 5.74) is 0.882. The highest BCUT2D eigenvalue weighted by Gasteiger charge is 2.28. The van der Waals surface area contributed by atoms with Crippen molar-refractivity contribution in [3.63, 3.8) is 0 Å². The number of hydrogen-bond donors (Lipinski definition) is 3. The molecule has 13 heteroatoms. The molecule has 1 amide bonds. The second-order valence-electron chi connectivity index (χ2n) is 14.9. The fraction of sp³-hybridized carbons (Fsp3) is 0.525. The van der Waals surface area contributed by atoms with Gasteiger partial charge in [0.25, 0.3) is 5.91 Å². The molecule has 5 rings (SSSR count). The number of allylic oxidation sites excluding steroid dienone is 1. The first-order valence-corrected chi connectivity index (χ1v) is 18.4. The molecule has 0 fully saturated rings. The van der Waals surface area contributed by atoms with Crippen LogP contribution in [0.5, 0.6) is 17.5 Å². The first-order valence-electron chi connectivity index (χ1n) is 18.4. The van der Waals surface area contributed by atoms with Crippen LogP contribution < -0.4 is 30.2 Å². The molecular formula is C40H56N6O7. The Morgan fingerprint density at radius 2 is 1.57 bits per heavy atom. The molecule has 2 aromatic carbocycles. The molecule has 6 bridgehead atoms. The third kappa shape index (κ3) is 14.5. The monoisotopic (exact) mass is 732 g/mol. The normalized spacial score (nSPS) is 14.5. The molecule has 0 spiro atoms. The van der Waals surface area contributed by atoms with Crippen LogP contribution in [0.4, 0.5) is 17.6 Å². The van der Waals surface area contributed by atoms with Gasteiger partial charge in [0.2, 0.25) is 11.9 Å². The van der Waals surface area contributed by atoms with Gasteiger partial charge in [-0.1, -0.05) is 18.7 Å². The van der Waals surface area contributed by atoms with E-state index in [-0.39, 0.29) is 36.8 Å². The highest BCUT2D eigenvalue weighted by Crippen LogP contribution is 2.28. The summed E-state index contributed by atoms with van der Waals surface area (Å²) in [6, 6.07) is 13.3. The fourth-order valence-corrected chi connectivity index (χ4v) is 5.43. The lowest BCUT2D eigenvalue weighted by molar-refractivity contribution is -0.160. The summed E-state index contributed by atoms with van der Waals surface area (Å²) in [6.45, 7) is 19.2. The Labute approximate surface area is 313 Å². The van der Waals surface area contributed by atoms with E-state index in [1.165, 1.54) is 0 Å². The Morgan fingerprint density at radius 3 is 2.25 bits per heavy atom. The highest BCUT2D eigenvalue weighted by molar-refractivity contribution is 5.97. The lowest BCUT2D eigenvalue weighted by atomic mass is 9.99. The number of aromatic nitrogens is 3. The number of esters is 1. The third-order valence-electron chi connectivity index (χ3n) is 7.75. The minimum Gasteiger partial charge on any atom is -0.494 e. The Kier molecular flexibility index (Phi) is 14.7. The maximum Gasteiger partial charge on any atom is 0.323 e. The van der Waals surface area contributed by atoms with E-state index in [2.05, 4.69) is 37.5 Å². The zero-order valence-electron chi connectivity index (χ0n) is 32.3. The van der Waals surface area contributed by atoms with Gasteiger partial charge in [0.05, 0.1) is 37.1 Å². The fourth-order valence-electron chi connectivity index (χ4n) is 5.43. The van der Waals surface area contributed by atoms with Gasteiger partial charge in [-0.2, -0.15) is 15.0 Å². The van der Waals surface area contributed by atoms with E-state index in [0.29, 0.717) is 61.5 Å². The first-order chi connectivity index (χ1) is 25.2. The molecule has 3 aromatic rings. The number of ether oxygens (including phenoxy) is 5. The van der Waals surface area contributed by atoms with Crippen LogP contribution in [0, 0.1) is 5.92 Å². The SMILES string of the molecule is C=C(C[C@@H](CCNC(=O)c1ccc2cc1OCCCCCCOc1ccc(cc1)CNc1nc(nc(OCC)n1)N2)C(=O)OC(C)(C)C)OC(C)(C)C. The van der Waals surface area contributed by atoms with E-state index in [0.717, 1.165) is 37.0 Å². The Morgan fingerprint density at radius 1 is 0.887 bits per heavy atom. The maximum absolute atomic E-state index is 13.6. The summed E-state index contributed by atoms with van der Waals surface area (Å²) in [7, 11) is 0. The van der Waals surface area contributed by atoms with Crippen LogP contribution in [0.1, 0.15) is 103 Å². The number of hydrogen-bond acceptors (Lipinski definition) is 12.